The Morgan fingerprint density at radius 3 is 2.38 bits per heavy atom. The van der Waals surface area contributed by atoms with Gasteiger partial charge in [-0.25, -0.2) is 13.6 Å². The third-order valence-corrected chi connectivity index (χ3v) is 5.22. The van der Waals surface area contributed by atoms with Crippen molar-refractivity contribution in [3.8, 4) is 0 Å². The third kappa shape index (κ3) is 4.27. The Morgan fingerprint density at radius 1 is 1.12 bits per heavy atom. The zero-order valence-electron chi connectivity index (χ0n) is 13.0. The van der Waals surface area contributed by atoms with Gasteiger partial charge in [0.2, 0.25) is 10.0 Å². The van der Waals surface area contributed by atoms with E-state index < -0.39 is 15.9 Å². The van der Waals surface area contributed by atoms with Crippen LogP contribution in [0, 0.1) is 6.92 Å². The summed E-state index contributed by atoms with van der Waals surface area (Å²) in [4.78, 5) is 12.4. The lowest BCUT2D eigenvalue weighted by molar-refractivity contribution is 0.0939. The van der Waals surface area contributed by atoms with E-state index in [1.807, 2.05) is 0 Å². The minimum atomic E-state index is -3.88. The summed E-state index contributed by atoms with van der Waals surface area (Å²) in [6, 6.07) is 8.90. The molecule has 0 fully saturated rings. The smallest absolute Gasteiger partial charge is 0.252 e. The number of rotatable bonds is 4. The number of aryl methyl sites for hydroxylation is 1. The monoisotopic (exact) mass is 386 g/mol. The highest BCUT2D eigenvalue weighted by atomic mass is 35.5. The van der Waals surface area contributed by atoms with Gasteiger partial charge in [-0.1, -0.05) is 35.3 Å². The molecule has 5 nitrogen and oxygen atoms in total. The van der Waals surface area contributed by atoms with Gasteiger partial charge in [0.05, 0.1) is 21.0 Å². The fourth-order valence-corrected chi connectivity index (χ4v) is 3.01. The Balaban J connectivity index is 2.27. The molecule has 2 aromatic rings. The van der Waals surface area contributed by atoms with E-state index in [0.29, 0.717) is 15.6 Å². The van der Waals surface area contributed by atoms with Gasteiger partial charge in [-0.15, -0.1) is 0 Å². The maximum atomic E-state index is 12.5. The number of hydrogen-bond acceptors (Lipinski definition) is 3. The maximum absolute atomic E-state index is 12.5. The van der Waals surface area contributed by atoms with Crippen molar-refractivity contribution in [1.29, 1.82) is 0 Å². The molecule has 0 aliphatic carbocycles. The van der Waals surface area contributed by atoms with Crippen molar-refractivity contribution in [3.05, 3.63) is 63.1 Å². The molecule has 0 bridgehead atoms. The molecule has 0 aliphatic rings. The lowest BCUT2D eigenvalue weighted by atomic mass is 10.1. The SMILES string of the molecule is Cc1ccc(S(N)(=O)=O)cc1C(=O)N[C@H](C)c1ccc(Cl)c(Cl)c1. The van der Waals surface area contributed by atoms with Crippen LogP contribution in [0.25, 0.3) is 0 Å². The summed E-state index contributed by atoms with van der Waals surface area (Å²) in [5.41, 5.74) is 1.66. The van der Waals surface area contributed by atoms with Gasteiger partial charge in [0.1, 0.15) is 0 Å². The van der Waals surface area contributed by atoms with Gasteiger partial charge in [-0.3, -0.25) is 4.79 Å². The lowest BCUT2D eigenvalue weighted by Crippen LogP contribution is -2.27. The van der Waals surface area contributed by atoms with Gasteiger partial charge < -0.3 is 5.32 Å². The Morgan fingerprint density at radius 2 is 1.79 bits per heavy atom. The summed E-state index contributed by atoms with van der Waals surface area (Å²) >= 11 is 11.9. The van der Waals surface area contributed by atoms with E-state index in [2.05, 4.69) is 5.32 Å². The molecule has 24 heavy (non-hydrogen) atoms. The fraction of sp³-hybridized carbons (Fsp3) is 0.188. The molecule has 0 radical (unpaired) electrons. The molecule has 0 saturated heterocycles. The second kappa shape index (κ2) is 7.11. The zero-order chi connectivity index (χ0) is 18.1. The van der Waals surface area contributed by atoms with Crippen LogP contribution < -0.4 is 10.5 Å². The van der Waals surface area contributed by atoms with Crippen molar-refractivity contribution in [1.82, 2.24) is 5.32 Å². The highest BCUT2D eigenvalue weighted by Gasteiger charge is 2.17. The molecule has 1 amide bonds. The van der Waals surface area contributed by atoms with Crippen molar-refractivity contribution in [2.45, 2.75) is 24.8 Å². The third-order valence-electron chi connectivity index (χ3n) is 3.57. The van der Waals surface area contributed by atoms with Crippen LogP contribution >= 0.6 is 23.2 Å². The summed E-state index contributed by atoms with van der Waals surface area (Å²) in [6.07, 6.45) is 0. The molecule has 1 atom stereocenters. The topological polar surface area (TPSA) is 89.3 Å². The molecule has 0 heterocycles. The summed E-state index contributed by atoms with van der Waals surface area (Å²) in [5, 5.41) is 8.73. The maximum Gasteiger partial charge on any atom is 0.252 e. The van der Waals surface area contributed by atoms with Crippen LogP contribution in [0.1, 0.15) is 34.5 Å². The molecule has 0 aliphatic heterocycles. The molecule has 8 heteroatoms. The minimum Gasteiger partial charge on any atom is -0.346 e. The number of primary sulfonamides is 1. The average molecular weight is 387 g/mol. The molecule has 3 N–H and O–H groups in total. The second-order valence-corrected chi connectivity index (χ2v) is 7.77. The zero-order valence-corrected chi connectivity index (χ0v) is 15.3. The molecular formula is C16H16Cl2N2O3S. The highest BCUT2D eigenvalue weighted by Crippen LogP contribution is 2.26. The van der Waals surface area contributed by atoms with Crippen molar-refractivity contribution in [2.24, 2.45) is 5.14 Å². The molecule has 0 saturated carbocycles. The first-order valence-corrected chi connectivity index (χ1v) is 9.29. The van der Waals surface area contributed by atoms with E-state index >= 15 is 0 Å². The van der Waals surface area contributed by atoms with Crippen molar-refractivity contribution in [3.63, 3.8) is 0 Å². The summed E-state index contributed by atoms with van der Waals surface area (Å²) in [7, 11) is -3.88. The Labute approximate surface area is 150 Å². The van der Waals surface area contributed by atoms with Crippen LogP contribution in [0.3, 0.4) is 0 Å². The minimum absolute atomic E-state index is 0.111. The standard InChI is InChI=1S/C16H16Cl2N2O3S/c1-9-3-5-12(24(19,22)23)8-13(9)16(21)20-10(2)11-4-6-14(17)15(18)7-11/h3-8,10H,1-2H3,(H,20,21)(H2,19,22,23)/t10-/m1/s1. The molecule has 2 aromatic carbocycles. The van der Waals surface area contributed by atoms with Gasteiger partial charge in [0.25, 0.3) is 5.91 Å². The first kappa shape index (κ1) is 18.7. The summed E-state index contributed by atoms with van der Waals surface area (Å²) in [6.45, 7) is 3.50. The van der Waals surface area contributed by atoms with E-state index in [1.54, 1.807) is 38.1 Å². The van der Waals surface area contributed by atoms with Crippen LogP contribution in [-0.4, -0.2) is 14.3 Å². The van der Waals surface area contributed by atoms with Crippen LogP contribution in [0.4, 0.5) is 0 Å². The number of halogens is 2. The molecule has 0 spiro atoms. The Bertz CT molecular complexity index is 898. The van der Waals surface area contributed by atoms with Crippen molar-refractivity contribution < 1.29 is 13.2 Å². The van der Waals surface area contributed by atoms with Crippen LogP contribution in [0.15, 0.2) is 41.3 Å². The van der Waals surface area contributed by atoms with E-state index in [4.69, 9.17) is 28.3 Å². The van der Waals surface area contributed by atoms with E-state index in [1.165, 1.54) is 12.1 Å². The van der Waals surface area contributed by atoms with Crippen molar-refractivity contribution >= 4 is 39.1 Å². The molecule has 0 unspecified atom stereocenters. The normalized spacial score (nSPS) is 12.7. The predicted octanol–water partition coefficient (Wildman–Crippen LogP) is 3.44. The van der Waals surface area contributed by atoms with Gasteiger partial charge in [-0.05, 0) is 49.2 Å². The first-order chi connectivity index (χ1) is 11.1. The fourth-order valence-electron chi connectivity index (χ4n) is 2.16. The number of hydrogen-bond donors (Lipinski definition) is 2. The quantitative estimate of drug-likeness (QED) is 0.842. The average Bonchev–Trinajstić information content (AvgIpc) is 2.49. The molecule has 2 rings (SSSR count). The molecule has 128 valence electrons. The Kier molecular flexibility index (Phi) is 5.55. The van der Waals surface area contributed by atoms with Gasteiger partial charge in [0.15, 0.2) is 0 Å². The summed E-state index contributed by atoms with van der Waals surface area (Å²) in [5.74, 6) is -0.406. The van der Waals surface area contributed by atoms with Gasteiger partial charge in [0, 0.05) is 5.56 Å². The van der Waals surface area contributed by atoms with E-state index in [0.717, 1.165) is 5.56 Å². The molecular weight excluding hydrogens is 371 g/mol. The molecule has 0 aromatic heterocycles. The summed E-state index contributed by atoms with van der Waals surface area (Å²) < 4.78 is 22.9. The van der Waals surface area contributed by atoms with E-state index in [9.17, 15) is 13.2 Å². The number of benzene rings is 2. The van der Waals surface area contributed by atoms with Gasteiger partial charge in [-0.2, -0.15) is 0 Å². The number of carbonyl (C=O) groups is 1. The number of carbonyl (C=O) groups excluding carboxylic acids is 1. The number of nitrogens with one attached hydrogen (secondary N) is 1. The Hall–Kier alpha value is -1.60. The number of nitrogens with two attached hydrogens (primary N) is 1. The largest absolute Gasteiger partial charge is 0.346 e. The van der Waals surface area contributed by atoms with Crippen LogP contribution in [0.5, 0.6) is 0 Å². The lowest BCUT2D eigenvalue weighted by Gasteiger charge is -2.16. The van der Waals surface area contributed by atoms with Crippen molar-refractivity contribution in [2.75, 3.05) is 0 Å². The predicted molar refractivity (Wildman–Crippen MR) is 94.9 cm³/mol. The van der Waals surface area contributed by atoms with Gasteiger partial charge >= 0.3 is 0 Å². The van der Waals surface area contributed by atoms with Crippen LogP contribution in [0.2, 0.25) is 10.0 Å². The van der Waals surface area contributed by atoms with Crippen LogP contribution in [-0.2, 0) is 10.0 Å². The first-order valence-electron chi connectivity index (χ1n) is 6.99. The number of sulfonamides is 1. The highest BCUT2D eigenvalue weighted by molar-refractivity contribution is 7.89. The van der Waals surface area contributed by atoms with E-state index in [-0.39, 0.29) is 16.5 Å². The second-order valence-electron chi connectivity index (χ2n) is 5.39. The number of amides is 1.